The number of sulfone groups is 1. The van der Waals surface area contributed by atoms with E-state index in [0.29, 0.717) is 18.7 Å². The van der Waals surface area contributed by atoms with Crippen molar-refractivity contribution in [3.05, 3.63) is 77.0 Å². The van der Waals surface area contributed by atoms with Crippen LogP contribution in [0.1, 0.15) is 40.5 Å². The molecular weight excluding hydrogens is 412 g/mol. The zero-order chi connectivity index (χ0) is 22.0. The van der Waals surface area contributed by atoms with Gasteiger partial charge in [0.25, 0.3) is 5.91 Å². The van der Waals surface area contributed by atoms with Crippen molar-refractivity contribution in [1.29, 1.82) is 0 Å². The lowest BCUT2D eigenvalue weighted by molar-refractivity contribution is 0.0670. The SMILES string of the molecule is CCc1ccc(CN(C(=O)c2cc(-c3ccc(C)cc3)on2)C2CCS(=O)(=O)C2)cc1. The normalized spacial score (nSPS) is 17.5. The van der Waals surface area contributed by atoms with Crippen LogP contribution in [-0.2, 0) is 22.8 Å². The van der Waals surface area contributed by atoms with Crippen LogP contribution in [0.5, 0.6) is 0 Å². The minimum atomic E-state index is -3.14. The minimum Gasteiger partial charge on any atom is -0.355 e. The van der Waals surface area contributed by atoms with Crippen LogP contribution in [0.2, 0.25) is 0 Å². The summed E-state index contributed by atoms with van der Waals surface area (Å²) >= 11 is 0. The number of carbonyl (C=O) groups excluding carboxylic acids is 1. The molecule has 1 aliphatic heterocycles. The Morgan fingerprint density at radius 2 is 1.77 bits per heavy atom. The van der Waals surface area contributed by atoms with Crippen molar-refractivity contribution in [2.24, 2.45) is 0 Å². The third kappa shape index (κ3) is 4.88. The van der Waals surface area contributed by atoms with E-state index in [-0.39, 0.29) is 29.1 Å². The molecule has 1 aliphatic rings. The minimum absolute atomic E-state index is 0.0194. The maximum absolute atomic E-state index is 13.4. The van der Waals surface area contributed by atoms with E-state index in [2.05, 4.69) is 12.1 Å². The number of carbonyl (C=O) groups is 1. The van der Waals surface area contributed by atoms with Crippen LogP contribution in [0.4, 0.5) is 0 Å². The number of hydrogen-bond acceptors (Lipinski definition) is 5. The first-order valence-corrected chi connectivity index (χ1v) is 12.3. The second kappa shape index (κ2) is 8.67. The van der Waals surface area contributed by atoms with E-state index >= 15 is 0 Å². The molecule has 6 nitrogen and oxygen atoms in total. The molecule has 0 N–H and O–H groups in total. The van der Waals surface area contributed by atoms with Gasteiger partial charge in [0.2, 0.25) is 0 Å². The topological polar surface area (TPSA) is 80.5 Å². The van der Waals surface area contributed by atoms with Crippen molar-refractivity contribution in [2.45, 2.75) is 39.3 Å². The van der Waals surface area contributed by atoms with E-state index < -0.39 is 9.84 Å². The summed E-state index contributed by atoms with van der Waals surface area (Å²) in [4.78, 5) is 15.0. The monoisotopic (exact) mass is 438 g/mol. The second-order valence-electron chi connectivity index (χ2n) is 8.10. The molecule has 1 unspecified atom stereocenters. The molecule has 1 atom stereocenters. The number of hydrogen-bond donors (Lipinski definition) is 0. The molecule has 1 aromatic heterocycles. The molecule has 2 aromatic carbocycles. The Morgan fingerprint density at radius 3 is 2.39 bits per heavy atom. The standard InChI is InChI=1S/C24H26N2O4S/c1-3-18-6-8-19(9-7-18)15-26(21-12-13-31(28,29)16-21)24(27)22-14-23(30-25-22)20-10-4-17(2)5-11-20/h4-11,14,21H,3,12-13,15-16H2,1-2H3. The summed E-state index contributed by atoms with van der Waals surface area (Å²) in [5, 5.41) is 4.00. The van der Waals surface area contributed by atoms with Crippen LogP contribution < -0.4 is 0 Å². The van der Waals surface area contributed by atoms with Crippen LogP contribution >= 0.6 is 0 Å². The van der Waals surface area contributed by atoms with Crippen molar-refractivity contribution in [2.75, 3.05) is 11.5 Å². The van der Waals surface area contributed by atoms with Crippen LogP contribution in [0, 0.1) is 6.92 Å². The number of aromatic nitrogens is 1. The van der Waals surface area contributed by atoms with E-state index in [1.807, 2.05) is 55.5 Å². The largest absolute Gasteiger partial charge is 0.355 e. The van der Waals surface area contributed by atoms with Crippen molar-refractivity contribution in [1.82, 2.24) is 10.1 Å². The predicted molar refractivity (Wildman–Crippen MR) is 119 cm³/mol. The fraction of sp³-hybridized carbons (Fsp3) is 0.333. The van der Waals surface area contributed by atoms with Gasteiger partial charge in [-0.2, -0.15) is 0 Å². The Balaban J connectivity index is 1.61. The smallest absolute Gasteiger partial charge is 0.276 e. The third-order valence-electron chi connectivity index (χ3n) is 5.76. The fourth-order valence-electron chi connectivity index (χ4n) is 3.84. The first-order valence-electron chi connectivity index (χ1n) is 10.5. The number of aryl methyl sites for hydroxylation is 2. The number of nitrogens with zero attached hydrogens (tertiary/aromatic N) is 2. The zero-order valence-electron chi connectivity index (χ0n) is 17.7. The first-order chi connectivity index (χ1) is 14.8. The summed E-state index contributed by atoms with van der Waals surface area (Å²) in [6.07, 6.45) is 1.37. The van der Waals surface area contributed by atoms with Gasteiger partial charge in [-0.15, -0.1) is 0 Å². The molecule has 0 spiro atoms. The molecule has 2 heterocycles. The molecule has 0 saturated carbocycles. The van der Waals surface area contributed by atoms with E-state index in [4.69, 9.17) is 4.52 Å². The first kappa shape index (κ1) is 21.3. The van der Waals surface area contributed by atoms with E-state index in [1.54, 1.807) is 11.0 Å². The molecule has 7 heteroatoms. The molecule has 3 aromatic rings. The third-order valence-corrected chi connectivity index (χ3v) is 7.51. The highest BCUT2D eigenvalue weighted by Crippen LogP contribution is 2.25. The van der Waals surface area contributed by atoms with Crippen LogP contribution in [0.3, 0.4) is 0 Å². The summed E-state index contributed by atoms with van der Waals surface area (Å²) < 4.78 is 29.6. The maximum Gasteiger partial charge on any atom is 0.276 e. The number of amides is 1. The van der Waals surface area contributed by atoms with E-state index in [1.165, 1.54) is 5.56 Å². The lowest BCUT2D eigenvalue weighted by Crippen LogP contribution is -2.40. The Hall–Kier alpha value is -2.93. The molecule has 1 amide bonds. The van der Waals surface area contributed by atoms with Gasteiger partial charge in [-0.3, -0.25) is 4.79 Å². The Bertz CT molecular complexity index is 1170. The highest BCUT2D eigenvalue weighted by atomic mass is 32.2. The molecule has 0 radical (unpaired) electrons. The summed E-state index contributed by atoms with van der Waals surface area (Å²) in [6.45, 7) is 4.42. The lowest BCUT2D eigenvalue weighted by Gasteiger charge is -2.27. The van der Waals surface area contributed by atoms with Gasteiger partial charge in [0.1, 0.15) is 0 Å². The van der Waals surface area contributed by atoms with Gasteiger partial charge in [-0.1, -0.05) is 66.2 Å². The van der Waals surface area contributed by atoms with Gasteiger partial charge in [-0.05, 0) is 30.9 Å². The quantitative estimate of drug-likeness (QED) is 0.580. The summed E-state index contributed by atoms with van der Waals surface area (Å²) in [5.41, 5.74) is 4.32. The van der Waals surface area contributed by atoms with Gasteiger partial charge in [0, 0.05) is 24.2 Å². The fourth-order valence-corrected chi connectivity index (χ4v) is 5.57. The van der Waals surface area contributed by atoms with Crippen LogP contribution in [-0.4, -0.2) is 41.9 Å². The van der Waals surface area contributed by atoms with Gasteiger partial charge in [-0.25, -0.2) is 8.42 Å². The van der Waals surface area contributed by atoms with Crippen LogP contribution in [0.25, 0.3) is 11.3 Å². The van der Waals surface area contributed by atoms with Crippen molar-refractivity contribution >= 4 is 15.7 Å². The van der Waals surface area contributed by atoms with Crippen molar-refractivity contribution in [3.63, 3.8) is 0 Å². The average molecular weight is 439 g/mol. The van der Waals surface area contributed by atoms with E-state index in [9.17, 15) is 13.2 Å². The van der Waals surface area contributed by atoms with Gasteiger partial charge in [0.05, 0.1) is 11.5 Å². The molecular formula is C24H26N2O4S. The highest BCUT2D eigenvalue weighted by molar-refractivity contribution is 7.91. The Labute approximate surface area is 182 Å². The van der Waals surface area contributed by atoms with E-state index in [0.717, 1.165) is 23.1 Å². The molecule has 0 bridgehead atoms. The van der Waals surface area contributed by atoms with Gasteiger partial charge in [0.15, 0.2) is 21.3 Å². The summed E-state index contributed by atoms with van der Waals surface area (Å²) in [7, 11) is -3.14. The predicted octanol–water partition coefficient (Wildman–Crippen LogP) is 4.04. The summed E-state index contributed by atoms with van der Waals surface area (Å²) in [5.74, 6) is 0.274. The molecule has 4 rings (SSSR count). The second-order valence-corrected chi connectivity index (χ2v) is 10.3. The highest BCUT2D eigenvalue weighted by Gasteiger charge is 2.36. The van der Waals surface area contributed by atoms with Gasteiger partial charge >= 0.3 is 0 Å². The zero-order valence-corrected chi connectivity index (χ0v) is 18.6. The number of benzene rings is 2. The number of rotatable bonds is 6. The Morgan fingerprint density at radius 1 is 1.10 bits per heavy atom. The van der Waals surface area contributed by atoms with Crippen molar-refractivity contribution in [3.8, 4) is 11.3 Å². The maximum atomic E-state index is 13.4. The van der Waals surface area contributed by atoms with Crippen molar-refractivity contribution < 1.29 is 17.7 Å². The van der Waals surface area contributed by atoms with Crippen LogP contribution in [0.15, 0.2) is 59.1 Å². The summed E-state index contributed by atoms with van der Waals surface area (Å²) in [6, 6.07) is 17.1. The molecule has 1 saturated heterocycles. The molecule has 0 aliphatic carbocycles. The lowest BCUT2D eigenvalue weighted by atomic mass is 10.1. The Kier molecular flexibility index (Phi) is 5.96. The molecule has 162 valence electrons. The average Bonchev–Trinajstić information content (AvgIpc) is 3.39. The molecule has 31 heavy (non-hydrogen) atoms. The molecule has 1 fully saturated rings. The van der Waals surface area contributed by atoms with Gasteiger partial charge < -0.3 is 9.42 Å².